The van der Waals surface area contributed by atoms with Crippen molar-refractivity contribution in [2.45, 2.75) is 10.1 Å². The normalized spacial score (nSPS) is 21.1. The number of rotatable bonds is 2. The molecule has 2 heteroatoms. The molecule has 3 rings (SSSR count). The third-order valence-electron chi connectivity index (χ3n) is 3.15. The Morgan fingerprint density at radius 2 is 2.12 bits per heavy atom. The Labute approximate surface area is 107 Å². The molecule has 0 spiro atoms. The van der Waals surface area contributed by atoms with E-state index in [-0.39, 0.29) is 0 Å². The predicted molar refractivity (Wildman–Crippen MR) is 65.9 cm³/mol. The Bertz CT molecular complexity index is 499. The maximum absolute atomic E-state index is 6.77. The number of hydrogen-bond acceptors (Lipinski definition) is 0. The molecule has 1 aromatic rings. The second kappa shape index (κ2) is 4.46. The molecule has 16 heavy (non-hydrogen) atoms. The minimum absolute atomic E-state index is 0.550. The van der Waals surface area contributed by atoms with Crippen LogP contribution in [0.15, 0.2) is 51.9 Å². The van der Waals surface area contributed by atoms with Crippen LogP contribution in [0, 0.1) is 0 Å². The summed E-state index contributed by atoms with van der Waals surface area (Å²) >= 11 is -2.13. The standard InChI is InChI=1S/C9H7.C5H5.ClH.Hf/c1-2-5-9-7-3-6-8(9)4-1;1-2-4-5-3-1;;/h1-7H;1-3H,4H2;1H;/q;;;+1/p-1. The van der Waals surface area contributed by atoms with Gasteiger partial charge in [0.2, 0.25) is 0 Å². The molecule has 0 fully saturated rings. The Hall–Kier alpha value is -0.400. The van der Waals surface area contributed by atoms with Gasteiger partial charge in [-0.3, -0.25) is 0 Å². The molecule has 0 heterocycles. The van der Waals surface area contributed by atoms with Gasteiger partial charge in [0.05, 0.1) is 0 Å². The van der Waals surface area contributed by atoms with Crippen molar-refractivity contribution < 1.29 is 20.3 Å². The quantitative estimate of drug-likeness (QED) is 0.654. The van der Waals surface area contributed by atoms with Crippen LogP contribution in [-0.4, -0.2) is 0 Å². The van der Waals surface area contributed by atoms with Crippen molar-refractivity contribution in [3.63, 3.8) is 0 Å². The third-order valence-corrected chi connectivity index (χ3v) is 14.4. The molecule has 0 saturated heterocycles. The Balaban J connectivity index is 1.90. The van der Waals surface area contributed by atoms with Crippen molar-refractivity contribution in [2.24, 2.45) is 0 Å². The molecule has 0 bridgehead atoms. The second-order valence-corrected chi connectivity index (χ2v) is 14.5. The summed E-state index contributed by atoms with van der Waals surface area (Å²) in [7, 11) is 6.77. The van der Waals surface area contributed by atoms with Gasteiger partial charge in [-0.05, 0) is 0 Å². The van der Waals surface area contributed by atoms with Crippen LogP contribution in [0.2, 0.25) is 0 Å². The van der Waals surface area contributed by atoms with Crippen molar-refractivity contribution in [2.75, 3.05) is 0 Å². The monoisotopic (exact) mass is 395 g/mol. The van der Waals surface area contributed by atoms with Gasteiger partial charge < -0.3 is 0 Å². The van der Waals surface area contributed by atoms with E-state index >= 15 is 0 Å². The first-order valence-corrected chi connectivity index (χ1v) is 13.8. The fourth-order valence-electron chi connectivity index (χ4n) is 2.29. The van der Waals surface area contributed by atoms with Crippen LogP contribution >= 0.6 is 8.58 Å². The molecule has 2 aliphatic carbocycles. The molecular weight excluding hydrogens is 382 g/mol. The minimum atomic E-state index is -2.13. The first-order valence-electron chi connectivity index (χ1n) is 5.52. The van der Waals surface area contributed by atoms with Crippen LogP contribution in [0.1, 0.15) is 21.2 Å². The van der Waals surface area contributed by atoms with Gasteiger partial charge in [-0.15, -0.1) is 0 Å². The van der Waals surface area contributed by atoms with E-state index in [1.165, 1.54) is 14.5 Å². The predicted octanol–water partition coefficient (Wildman–Crippen LogP) is 4.37. The zero-order valence-electron chi connectivity index (χ0n) is 8.86. The van der Waals surface area contributed by atoms with Gasteiger partial charge >= 0.3 is 108 Å². The van der Waals surface area contributed by atoms with Crippen molar-refractivity contribution in [3.8, 4) is 0 Å². The number of halogens is 1. The van der Waals surface area contributed by atoms with Gasteiger partial charge in [0.25, 0.3) is 0 Å². The SMILES string of the molecule is [Cl][Hf]([C]1=CC=CC1)[CH]1C=Cc2ccccc21. The molecule has 79 valence electrons. The van der Waals surface area contributed by atoms with E-state index in [0.29, 0.717) is 3.67 Å². The van der Waals surface area contributed by atoms with E-state index in [2.05, 4.69) is 54.6 Å². The van der Waals surface area contributed by atoms with Gasteiger partial charge in [0, 0.05) is 0 Å². The van der Waals surface area contributed by atoms with E-state index in [4.69, 9.17) is 8.58 Å². The van der Waals surface area contributed by atoms with Crippen LogP contribution in [-0.2, 0) is 20.3 Å². The molecule has 2 aliphatic rings. The topological polar surface area (TPSA) is 0 Å². The summed E-state index contributed by atoms with van der Waals surface area (Å²) in [6, 6.07) is 8.64. The van der Waals surface area contributed by atoms with Gasteiger partial charge in [0.1, 0.15) is 0 Å². The van der Waals surface area contributed by atoms with Crippen molar-refractivity contribution in [3.05, 3.63) is 63.0 Å². The molecule has 0 saturated carbocycles. The number of fused-ring (bicyclic) bond motifs is 1. The van der Waals surface area contributed by atoms with E-state index < -0.39 is 20.3 Å². The summed E-state index contributed by atoms with van der Waals surface area (Å²) in [6.45, 7) is 0. The fourth-order valence-corrected chi connectivity index (χ4v) is 11.4. The van der Waals surface area contributed by atoms with Crippen LogP contribution in [0.5, 0.6) is 0 Å². The second-order valence-electron chi connectivity index (χ2n) is 4.14. The summed E-state index contributed by atoms with van der Waals surface area (Å²) in [5.41, 5.74) is 2.81. The zero-order valence-corrected chi connectivity index (χ0v) is 13.2. The maximum atomic E-state index is 6.77. The van der Waals surface area contributed by atoms with Gasteiger partial charge in [-0.1, -0.05) is 0 Å². The third kappa shape index (κ3) is 1.80. The van der Waals surface area contributed by atoms with Gasteiger partial charge in [-0.25, -0.2) is 0 Å². The van der Waals surface area contributed by atoms with Crippen molar-refractivity contribution in [1.29, 1.82) is 0 Å². The average Bonchev–Trinajstić information content (AvgIpc) is 2.98. The Kier molecular flexibility index (Phi) is 2.99. The molecule has 0 radical (unpaired) electrons. The molecular formula is C14H12ClHf. The van der Waals surface area contributed by atoms with Crippen LogP contribution < -0.4 is 0 Å². The molecule has 0 aliphatic heterocycles. The van der Waals surface area contributed by atoms with E-state index in [1.807, 2.05) is 0 Å². The van der Waals surface area contributed by atoms with Crippen molar-refractivity contribution in [1.82, 2.24) is 0 Å². The molecule has 1 aromatic carbocycles. The average molecular weight is 394 g/mol. The number of benzene rings is 1. The Morgan fingerprint density at radius 1 is 1.25 bits per heavy atom. The first kappa shape index (κ1) is 10.7. The number of hydrogen-bond donors (Lipinski definition) is 0. The van der Waals surface area contributed by atoms with Crippen LogP contribution in [0.4, 0.5) is 0 Å². The van der Waals surface area contributed by atoms with E-state index in [9.17, 15) is 0 Å². The Morgan fingerprint density at radius 3 is 2.94 bits per heavy atom. The van der Waals surface area contributed by atoms with Crippen molar-refractivity contribution >= 4 is 14.7 Å². The summed E-state index contributed by atoms with van der Waals surface area (Å²) in [4.78, 5) is 0. The summed E-state index contributed by atoms with van der Waals surface area (Å²) < 4.78 is 2.09. The zero-order chi connectivity index (χ0) is 11.0. The molecule has 0 amide bonds. The molecule has 1 unspecified atom stereocenters. The number of allylic oxidation sites excluding steroid dienone is 5. The van der Waals surface area contributed by atoms with Gasteiger partial charge in [0.15, 0.2) is 0 Å². The molecule has 0 aromatic heterocycles. The van der Waals surface area contributed by atoms with Crippen LogP contribution in [0.3, 0.4) is 0 Å². The van der Waals surface area contributed by atoms with Crippen LogP contribution in [0.25, 0.3) is 6.08 Å². The summed E-state index contributed by atoms with van der Waals surface area (Å²) in [6.07, 6.45) is 12.2. The van der Waals surface area contributed by atoms with Gasteiger partial charge in [-0.2, -0.15) is 0 Å². The molecule has 0 N–H and O–H groups in total. The summed E-state index contributed by atoms with van der Waals surface area (Å²) in [5, 5.41) is 0. The molecule has 0 nitrogen and oxygen atoms in total. The first-order chi connectivity index (χ1) is 7.86. The fraction of sp³-hybridized carbons (Fsp3) is 0.143. The summed E-state index contributed by atoms with van der Waals surface area (Å²) in [5.74, 6) is 0. The van der Waals surface area contributed by atoms with E-state index in [1.54, 1.807) is 0 Å². The van der Waals surface area contributed by atoms with E-state index in [0.717, 1.165) is 6.42 Å². The molecule has 1 atom stereocenters.